The first-order valence-corrected chi connectivity index (χ1v) is 20.0. The lowest BCUT2D eigenvalue weighted by molar-refractivity contribution is 0.0716. The van der Waals surface area contributed by atoms with Gasteiger partial charge in [0.2, 0.25) is 10.0 Å². The number of hydrogen-bond donors (Lipinski definition) is 1. The number of nitrogens with one attached hydrogen (secondary N) is 1. The van der Waals surface area contributed by atoms with Crippen LogP contribution in [0, 0.1) is 0 Å². The van der Waals surface area contributed by atoms with Gasteiger partial charge in [0.05, 0.1) is 42.1 Å². The van der Waals surface area contributed by atoms with Gasteiger partial charge in [-0.1, -0.05) is 38.2 Å². The number of nitrogens with zero attached hydrogens (tertiary/aromatic N) is 4. The van der Waals surface area contributed by atoms with E-state index in [1.807, 2.05) is 57.0 Å². The summed E-state index contributed by atoms with van der Waals surface area (Å²) < 4.78 is 38.5. The van der Waals surface area contributed by atoms with Crippen molar-refractivity contribution >= 4 is 44.4 Å². The number of fused-ring (bicyclic) bond motifs is 5. The highest BCUT2D eigenvalue weighted by Crippen LogP contribution is 2.48. The lowest BCUT2D eigenvalue weighted by atomic mass is 9.81. The van der Waals surface area contributed by atoms with Crippen molar-refractivity contribution in [2.75, 3.05) is 13.7 Å². The highest BCUT2D eigenvalue weighted by Gasteiger charge is 2.34. The summed E-state index contributed by atoms with van der Waals surface area (Å²) in [6.45, 7) is 7.00. The maximum Gasteiger partial charge on any atom is 0.264 e. The Hall–Kier alpha value is -4.38. The SMILES string of the molecule is CCN(C(=O)c1cnn(C)c1C1=Cc2cc(OC)ccc2-c2c(C3CCCCC3)c3ccc(C(=O)NS(=O)(=O)C4CCCC4)cc3n2C1)C(C)C. The van der Waals surface area contributed by atoms with E-state index in [1.165, 1.54) is 12.0 Å². The molecule has 0 radical (unpaired) electrons. The molecular formula is C40H49N5O5S. The van der Waals surface area contributed by atoms with Gasteiger partial charge in [-0.05, 0) is 105 Å². The Labute approximate surface area is 300 Å². The molecule has 11 heteroatoms. The summed E-state index contributed by atoms with van der Waals surface area (Å²) in [4.78, 5) is 29.6. The second kappa shape index (κ2) is 14.0. The van der Waals surface area contributed by atoms with Gasteiger partial charge in [0.25, 0.3) is 11.8 Å². The minimum absolute atomic E-state index is 0.0174. The van der Waals surface area contributed by atoms with Crippen LogP contribution in [0.3, 0.4) is 0 Å². The molecule has 2 amide bonds. The number of carbonyl (C=O) groups is 2. The van der Waals surface area contributed by atoms with Crippen molar-refractivity contribution in [3.05, 3.63) is 70.5 Å². The van der Waals surface area contributed by atoms with Crippen LogP contribution in [0.25, 0.3) is 33.8 Å². The molecule has 2 aromatic heterocycles. The summed E-state index contributed by atoms with van der Waals surface area (Å²) >= 11 is 0. The number of aryl methyl sites for hydroxylation is 1. The molecule has 0 saturated heterocycles. The third kappa shape index (κ3) is 6.38. The van der Waals surface area contributed by atoms with E-state index in [0.717, 1.165) is 83.3 Å². The van der Waals surface area contributed by atoms with Crippen LogP contribution in [0.2, 0.25) is 0 Å². The number of hydrogen-bond acceptors (Lipinski definition) is 6. The fourth-order valence-corrected chi connectivity index (χ4v) is 10.2. The van der Waals surface area contributed by atoms with Gasteiger partial charge in [0.15, 0.2) is 0 Å². The minimum atomic E-state index is -3.79. The standard InChI is InChI=1S/C40H49N5O5S/c1-6-44(25(2)3)40(47)34-23-41-43(4)37(34)29-20-28-21-30(50-5)17-19-32(28)38-36(26-12-8-7-9-13-26)33-18-16-27(22-35(33)45(38)24-29)39(46)42-51(48,49)31-14-10-11-15-31/h16-23,25-26,31H,6-15,24H2,1-5H3,(H,42,46). The van der Waals surface area contributed by atoms with Crippen molar-refractivity contribution in [3.8, 4) is 17.0 Å². The van der Waals surface area contributed by atoms with E-state index in [2.05, 4.69) is 26.5 Å². The van der Waals surface area contributed by atoms with Gasteiger partial charge in [0.1, 0.15) is 5.75 Å². The van der Waals surface area contributed by atoms with Gasteiger partial charge >= 0.3 is 0 Å². The number of sulfonamides is 1. The van der Waals surface area contributed by atoms with Crippen LogP contribution in [-0.4, -0.2) is 64.4 Å². The molecule has 0 atom stereocenters. The molecule has 2 aromatic carbocycles. The third-order valence-electron chi connectivity index (χ3n) is 11.2. The first kappa shape index (κ1) is 35.0. The summed E-state index contributed by atoms with van der Waals surface area (Å²) in [6.07, 6.45) is 12.3. The topological polar surface area (TPSA) is 116 Å². The van der Waals surface area contributed by atoms with Crippen LogP contribution in [0.5, 0.6) is 5.75 Å². The predicted octanol–water partition coefficient (Wildman–Crippen LogP) is 7.53. The molecule has 3 aliphatic rings. The van der Waals surface area contributed by atoms with Gasteiger partial charge in [-0.15, -0.1) is 0 Å². The number of amides is 2. The molecule has 2 saturated carbocycles. The van der Waals surface area contributed by atoms with Gasteiger partial charge in [-0.2, -0.15) is 5.10 Å². The number of methoxy groups -OCH3 is 1. The molecule has 270 valence electrons. The number of allylic oxidation sites excluding steroid dienone is 1. The van der Waals surface area contributed by atoms with Crippen LogP contribution < -0.4 is 9.46 Å². The lowest BCUT2D eigenvalue weighted by Gasteiger charge is -2.25. The largest absolute Gasteiger partial charge is 0.497 e. The fourth-order valence-electron chi connectivity index (χ4n) is 8.67. The van der Waals surface area contributed by atoms with E-state index >= 15 is 0 Å². The second-order valence-electron chi connectivity index (χ2n) is 14.6. The van der Waals surface area contributed by atoms with E-state index in [4.69, 9.17) is 4.74 Å². The summed E-state index contributed by atoms with van der Waals surface area (Å²) in [5, 5.41) is 5.12. The zero-order valence-corrected chi connectivity index (χ0v) is 31.2. The maximum atomic E-state index is 14.0. The summed E-state index contributed by atoms with van der Waals surface area (Å²) in [5.41, 5.74) is 7.70. The summed E-state index contributed by atoms with van der Waals surface area (Å²) in [6, 6.07) is 11.8. The average Bonchev–Trinajstić information content (AvgIpc) is 3.85. The highest BCUT2D eigenvalue weighted by atomic mass is 32.2. The van der Waals surface area contributed by atoms with Crippen LogP contribution in [0.15, 0.2) is 42.6 Å². The minimum Gasteiger partial charge on any atom is -0.497 e. The van der Waals surface area contributed by atoms with Crippen molar-refractivity contribution in [2.45, 2.75) is 102 Å². The van der Waals surface area contributed by atoms with Crippen LogP contribution in [-0.2, 0) is 23.6 Å². The van der Waals surface area contributed by atoms with Crippen LogP contribution in [0.1, 0.15) is 122 Å². The van der Waals surface area contributed by atoms with Crippen LogP contribution >= 0.6 is 0 Å². The number of aromatic nitrogens is 3. The maximum absolute atomic E-state index is 14.0. The number of ether oxygens (including phenoxy) is 1. The monoisotopic (exact) mass is 711 g/mol. The molecule has 10 nitrogen and oxygen atoms in total. The molecule has 2 aliphatic carbocycles. The summed E-state index contributed by atoms with van der Waals surface area (Å²) in [5.74, 6) is 0.374. The fraction of sp³-hybridized carbons (Fsp3) is 0.475. The van der Waals surface area contributed by atoms with E-state index in [0.29, 0.717) is 43.0 Å². The number of benzene rings is 2. The average molecular weight is 712 g/mol. The highest BCUT2D eigenvalue weighted by molar-refractivity contribution is 7.90. The number of rotatable bonds is 9. The Morgan fingerprint density at radius 2 is 1.73 bits per heavy atom. The van der Waals surface area contributed by atoms with Crippen molar-refractivity contribution < 1.29 is 22.7 Å². The first-order chi connectivity index (χ1) is 24.5. The Kier molecular flexibility index (Phi) is 9.60. The Morgan fingerprint density at radius 3 is 2.41 bits per heavy atom. The zero-order chi connectivity index (χ0) is 36.0. The van der Waals surface area contributed by atoms with Gasteiger partial charge in [-0.25, -0.2) is 13.1 Å². The van der Waals surface area contributed by atoms with Crippen molar-refractivity contribution in [3.63, 3.8) is 0 Å². The van der Waals surface area contributed by atoms with Crippen molar-refractivity contribution in [1.82, 2.24) is 24.0 Å². The van der Waals surface area contributed by atoms with Crippen molar-refractivity contribution in [2.24, 2.45) is 7.05 Å². The lowest BCUT2D eigenvalue weighted by Crippen LogP contribution is -2.37. The molecule has 0 unspecified atom stereocenters. The normalized spacial score (nSPS) is 16.9. The van der Waals surface area contributed by atoms with Crippen LogP contribution in [0.4, 0.5) is 0 Å². The molecule has 0 spiro atoms. The Bertz CT molecular complexity index is 2130. The second-order valence-corrected chi connectivity index (χ2v) is 16.6. The molecule has 1 aliphatic heterocycles. The van der Waals surface area contributed by atoms with Gasteiger partial charge in [-0.3, -0.25) is 14.3 Å². The molecular weight excluding hydrogens is 663 g/mol. The smallest absolute Gasteiger partial charge is 0.264 e. The predicted molar refractivity (Wildman–Crippen MR) is 201 cm³/mol. The van der Waals surface area contributed by atoms with E-state index in [1.54, 1.807) is 24.1 Å². The summed E-state index contributed by atoms with van der Waals surface area (Å²) in [7, 11) is -0.258. The molecule has 3 heterocycles. The molecule has 7 rings (SSSR count). The number of carbonyl (C=O) groups excluding carboxylic acids is 2. The first-order valence-electron chi connectivity index (χ1n) is 18.5. The molecule has 1 N–H and O–H groups in total. The van der Waals surface area contributed by atoms with Gasteiger partial charge < -0.3 is 14.2 Å². The van der Waals surface area contributed by atoms with Gasteiger partial charge in [0, 0.05) is 41.7 Å². The Balaban J connectivity index is 1.44. The van der Waals surface area contributed by atoms with E-state index in [9.17, 15) is 18.0 Å². The van der Waals surface area contributed by atoms with E-state index in [-0.39, 0.29) is 11.9 Å². The quantitative estimate of drug-likeness (QED) is 0.192. The molecule has 4 aromatic rings. The molecule has 2 fully saturated rings. The van der Waals surface area contributed by atoms with Crippen molar-refractivity contribution in [1.29, 1.82) is 0 Å². The zero-order valence-electron chi connectivity index (χ0n) is 30.4. The van der Waals surface area contributed by atoms with E-state index < -0.39 is 21.2 Å². The third-order valence-corrected chi connectivity index (χ3v) is 13.0. The molecule has 0 bridgehead atoms. The molecule has 51 heavy (non-hydrogen) atoms. The Morgan fingerprint density at radius 1 is 1.00 bits per heavy atom.